The summed E-state index contributed by atoms with van der Waals surface area (Å²) in [4.78, 5) is 11.3. The van der Waals surface area contributed by atoms with Crippen LogP contribution in [0.2, 0.25) is 5.15 Å². The second-order valence-electron chi connectivity index (χ2n) is 7.03. The number of halogens is 1. The van der Waals surface area contributed by atoms with Gasteiger partial charge in [0.05, 0.1) is 19.3 Å². The number of nitrogens with one attached hydrogen (secondary N) is 2. The topological polar surface area (TPSA) is 61.8 Å². The molecule has 0 bridgehead atoms. The minimum Gasteiger partial charge on any atom is -0.374 e. The molecule has 1 aliphatic heterocycles. The van der Waals surface area contributed by atoms with Crippen LogP contribution in [0, 0.1) is 5.92 Å². The number of aliphatic imine (C=N–C) groups is 1. The van der Waals surface area contributed by atoms with Crippen molar-refractivity contribution in [2.75, 3.05) is 45.9 Å². The Balaban J connectivity index is 1.78. The van der Waals surface area contributed by atoms with Gasteiger partial charge in [-0.05, 0) is 30.9 Å². The van der Waals surface area contributed by atoms with Crippen LogP contribution in [0.25, 0.3) is 0 Å². The van der Waals surface area contributed by atoms with Crippen molar-refractivity contribution in [1.29, 1.82) is 0 Å². The smallest absolute Gasteiger partial charge is 0.191 e. The van der Waals surface area contributed by atoms with Crippen molar-refractivity contribution in [3.63, 3.8) is 0 Å². The van der Waals surface area contributed by atoms with Gasteiger partial charge in [0.2, 0.25) is 0 Å². The lowest BCUT2D eigenvalue weighted by atomic mass is 10.2. The van der Waals surface area contributed by atoms with E-state index in [-0.39, 0.29) is 6.10 Å². The number of rotatable bonds is 8. The molecule has 7 heteroatoms. The molecule has 1 saturated heterocycles. The van der Waals surface area contributed by atoms with Gasteiger partial charge in [0.1, 0.15) is 5.15 Å². The molecule has 2 heterocycles. The molecule has 0 aliphatic carbocycles. The summed E-state index contributed by atoms with van der Waals surface area (Å²) in [7, 11) is 0. The Labute approximate surface area is 162 Å². The predicted octanol–water partition coefficient (Wildman–Crippen LogP) is 2.19. The summed E-state index contributed by atoms with van der Waals surface area (Å²) in [6.45, 7) is 12.8. The lowest BCUT2D eigenvalue weighted by Crippen LogP contribution is -2.46. The molecule has 1 unspecified atom stereocenters. The number of ether oxygens (including phenoxy) is 1. The Bertz CT molecular complexity index is 549. The number of hydrogen-bond acceptors (Lipinski definition) is 4. The number of hydrogen-bond donors (Lipinski definition) is 2. The summed E-state index contributed by atoms with van der Waals surface area (Å²) in [5, 5.41) is 7.19. The van der Waals surface area contributed by atoms with Crippen molar-refractivity contribution in [2.45, 2.75) is 33.3 Å². The summed E-state index contributed by atoms with van der Waals surface area (Å²) in [5.41, 5.74) is 1.15. The first-order valence-corrected chi connectivity index (χ1v) is 9.91. The van der Waals surface area contributed by atoms with E-state index >= 15 is 0 Å². The first kappa shape index (κ1) is 20.9. The molecule has 1 aliphatic rings. The van der Waals surface area contributed by atoms with Gasteiger partial charge < -0.3 is 15.4 Å². The van der Waals surface area contributed by atoms with E-state index in [2.05, 4.69) is 41.3 Å². The van der Waals surface area contributed by atoms with Gasteiger partial charge in [0.15, 0.2) is 5.96 Å². The van der Waals surface area contributed by atoms with Crippen LogP contribution in [0.15, 0.2) is 23.3 Å². The highest BCUT2D eigenvalue weighted by Crippen LogP contribution is 2.08. The zero-order valence-electron chi connectivity index (χ0n) is 16.2. The highest BCUT2D eigenvalue weighted by atomic mass is 35.5. The summed E-state index contributed by atoms with van der Waals surface area (Å²) < 4.78 is 5.88. The molecular formula is C19H32ClN5O. The van der Waals surface area contributed by atoms with Gasteiger partial charge in [-0.15, -0.1) is 0 Å². The molecule has 1 aromatic rings. The molecule has 1 aromatic heterocycles. The second-order valence-corrected chi connectivity index (χ2v) is 7.42. The van der Waals surface area contributed by atoms with Crippen LogP contribution in [-0.4, -0.2) is 67.8 Å². The van der Waals surface area contributed by atoms with E-state index in [0.29, 0.717) is 17.6 Å². The third kappa shape index (κ3) is 7.89. The third-order valence-corrected chi connectivity index (χ3v) is 4.36. The molecule has 26 heavy (non-hydrogen) atoms. The molecule has 1 fully saturated rings. The Morgan fingerprint density at radius 1 is 1.42 bits per heavy atom. The van der Waals surface area contributed by atoms with Crippen LogP contribution >= 0.6 is 11.6 Å². The van der Waals surface area contributed by atoms with Gasteiger partial charge in [-0.2, -0.15) is 0 Å². The predicted molar refractivity (Wildman–Crippen MR) is 108 cm³/mol. The van der Waals surface area contributed by atoms with Gasteiger partial charge in [0, 0.05) is 38.9 Å². The van der Waals surface area contributed by atoms with Gasteiger partial charge in [0.25, 0.3) is 0 Å². The van der Waals surface area contributed by atoms with Gasteiger partial charge in [-0.3, -0.25) is 9.89 Å². The molecular weight excluding hydrogens is 350 g/mol. The van der Waals surface area contributed by atoms with Crippen LogP contribution < -0.4 is 10.6 Å². The Morgan fingerprint density at radius 2 is 2.27 bits per heavy atom. The third-order valence-electron chi connectivity index (χ3n) is 4.14. The van der Waals surface area contributed by atoms with Crippen molar-refractivity contribution in [1.82, 2.24) is 20.5 Å². The zero-order chi connectivity index (χ0) is 18.8. The van der Waals surface area contributed by atoms with E-state index in [1.165, 1.54) is 0 Å². The van der Waals surface area contributed by atoms with Gasteiger partial charge >= 0.3 is 0 Å². The quantitative estimate of drug-likeness (QED) is 0.410. The number of nitrogens with zero attached hydrogens (tertiary/aromatic N) is 3. The largest absolute Gasteiger partial charge is 0.374 e. The molecule has 0 amide bonds. The molecule has 146 valence electrons. The van der Waals surface area contributed by atoms with Crippen molar-refractivity contribution < 1.29 is 4.74 Å². The first-order chi connectivity index (χ1) is 12.6. The molecule has 1 atom stereocenters. The number of pyridine rings is 1. The average Bonchev–Trinajstić information content (AvgIpc) is 2.61. The normalized spacial score (nSPS) is 19.0. The van der Waals surface area contributed by atoms with E-state index in [1.54, 1.807) is 0 Å². The van der Waals surface area contributed by atoms with Crippen LogP contribution in [0.3, 0.4) is 0 Å². The van der Waals surface area contributed by atoms with Crippen molar-refractivity contribution in [3.05, 3.63) is 29.0 Å². The highest BCUT2D eigenvalue weighted by Gasteiger charge is 2.20. The van der Waals surface area contributed by atoms with E-state index in [1.807, 2.05) is 18.3 Å². The number of aromatic nitrogens is 1. The maximum atomic E-state index is 5.88. The summed E-state index contributed by atoms with van der Waals surface area (Å²) in [6, 6.07) is 3.82. The molecule has 0 aromatic carbocycles. The monoisotopic (exact) mass is 381 g/mol. The van der Waals surface area contributed by atoms with E-state index in [4.69, 9.17) is 21.3 Å². The van der Waals surface area contributed by atoms with E-state index < -0.39 is 0 Å². The van der Waals surface area contributed by atoms with Crippen molar-refractivity contribution >= 4 is 17.6 Å². The lowest BCUT2D eigenvalue weighted by Gasteiger charge is -2.33. The highest BCUT2D eigenvalue weighted by molar-refractivity contribution is 6.29. The Kier molecular flexibility index (Phi) is 9.15. The maximum absolute atomic E-state index is 5.88. The number of guanidine groups is 1. The Morgan fingerprint density at radius 3 is 2.96 bits per heavy atom. The van der Waals surface area contributed by atoms with Crippen LogP contribution in [0.1, 0.15) is 26.3 Å². The van der Waals surface area contributed by atoms with Crippen LogP contribution in [0.4, 0.5) is 0 Å². The van der Waals surface area contributed by atoms with E-state index in [0.717, 1.165) is 57.3 Å². The molecule has 2 rings (SSSR count). The Hall–Kier alpha value is -1.37. The molecule has 6 nitrogen and oxygen atoms in total. The molecule has 2 N–H and O–H groups in total. The minimum absolute atomic E-state index is 0.165. The van der Waals surface area contributed by atoms with Gasteiger partial charge in [-0.25, -0.2) is 4.98 Å². The molecule has 0 radical (unpaired) electrons. The summed E-state index contributed by atoms with van der Waals surface area (Å²) in [5.74, 6) is 1.51. The lowest BCUT2D eigenvalue weighted by molar-refractivity contribution is -0.0261. The van der Waals surface area contributed by atoms with Crippen LogP contribution in [-0.2, 0) is 11.2 Å². The minimum atomic E-state index is 0.165. The fraction of sp³-hybridized carbons (Fsp3) is 0.684. The summed E-state index contributed by atoms with van der Waals surface area (Å²) >= 11 is 5.82. The average molecular weight is 382 g/mol. The van der Waals surface area contributed by atoms with E-state index in [9.17, 15) is 0 Å². The molecule has 0 spiro atoms. The fourth-order valence-corrected chi connectivity index (χ4v) is 3.10. The maximum Gasteiger partial charge on any atom is 0.191 e. The first-order valence-electron chi connectivity index (χ1n) is 9.53. The fourth-order valence-electron chi connectivity index (χ4n) is 2.99. The van der Waals surface area contributed by atoms with Crippen molar-refractivity contribution in [3.8, 4) is 0 Å². The SMILES string of the molecule is CCNC(=NCC1CN(CC(C)C)CCO1)NCCc1ccc(Cl)nc1. The zero-order valence-corrected chi connectivity index (χ0v) is 16.9. The standard InChI is InChI=1S/C19H32ClN5O/c1-4-21-19(22-8-7-16-5-6-18(20)23-11-16)24-12-17-14-25(9-10-26-17)13-15(2)3/h5-6,11,15,17H,4,7-10,12-14H2,1-3H3,(H2,21,22,24). The van der Waals surface area contributed by atoms with Crippen LogP contribution in [0.5, 0.6) is 0 Å². The second kappa shape index (κ2) is 11.4. The van der Waals surface area contributed by atoms with Gasteiger partial charge in [-0.1, -0.05) is 31.5 Å². The molecule has 0 saturated carbocycles. The van der Waals surface area contributed by atoms with Crippen molar-refractivity contribution in [2.24, 2.45) is 10.9 Å². The number of morpholine rings is 1. The summed E-state index contributed by atoms with van der Waals surface area (Å²) in [6.07, 6.45) is 2.85.